The monoisotopic (exact) mass is 257 g/mol. The van der Waals surface area contributed by atoms with Crippen LogP contribution in [0.5, 0.6) is 0 Å². The Morgan fingerprint density at radius 1 is 1.47 bits per heavy atom. The molecule has 0 aliphatic heterocycles. The van der Waals surface area contributed by atoms with Crippen molar-refractivity contribution in [3.05, 3.63) is 18.3 Å². The second-order valence-corrected chi connectivity index (χ2v) is 5.77. The second kappa shape index (κ2) is 5.46. The molecular weight excluding hydrogens is 238 g/mol. The molecular formula is C11H19N3O2S. The molecule has 0 spiro atoms. The van der Waals surface area contributed by atoms with E-state index < -0.39 is 10.0 Å². The molecule has 1 unspecified atom stereocenters. The highest BCUT2D eigenvalue weighted by atomic mass is 32.2. The van der Waals surface area contributed by atoms with Crippen LogP contribution in [0.3, 0.4) is 0 Å². The molecule has 0 amide bonds. The van der Waals surface area contributed by atoms with Gasteiger partial charge in [-0.2, -0.15) is 4.31 Å². The van der Waals surface area contributed by atoms with Crippen molar-refractivity contribution in [3.8, 4) is 0 Å². The first kappa shape index (κ1) is 13.9. The summed E-state index contributed by atoms with van der Waals surface area (Å²) < 4.78 is 26.2. The van der Waals surface area contributed by atoms with E-state index in [2.05, 4.69) is 4.98 Å². The van der Waals surface area contributed by atoms with Crippen LogP contribution in [0.25, 0.3) is 0 Å². The predicted octanol–water partition coefficient (Wildman–Crippen LogP) is 1.47. The summed E-state index contributed by atoms with van der Waals surface area (Å²) in [6.45, 7) is 6.13. The molecule has 0 aliphatic rings. The molecule has 0 bridgehead atoms. The molecule has 0 aliphatic carbocycles. The lowest BCUT2D eigenvalue weighted by Gasteiger charge is -2.26. The van der Waals surface area contributed by atoms with Gasteiger partial charge < -0.3 is 5.73 Å². The average Bonchev–Trinajstić information content (AvgIpc) is 2.29. The van der Waals surface area contributed by atoms with Gasteiger partial charge in [-0.05, 0) is 19.4 Å². The van der Waals surface area contributed by atoms with E-state index in [1.807, 2.05) is 20.8 Å². The Morgan fingerprint density at radius 2 is 2.12 bits per heavy atom. The van der Waals surface area contributed by atoms with Crippen LogP contribution in [0.15, 0.2) is 23.2 Å². The number of nitrogens with zero attached hydrogens (tertiary/aromatic N) is 2. The highest BCUT2D eigenvalue weighted by molar-refractivity contribution is 7.89. The number of rotatable bonds is 5. The van der Waals surface area contributed by atoms with Crippen LogP contribution in [0.4, 0.5) is 5.82 Å². The van der Waals surface area contributed by atoms with Gasteiger partial charge in [0.05, 0.1) is 4.90 Å². The van der Waals surface area contributed by atoms with Gasteiger partial charge in [0.15, 0.2) is 0 Å². The fraction of sp³-hybridized carbons (Fsp3) is 0.545. The summed E-state index contributed by atoms with van der Waals surface area (Å²) in [6, 6.07) is 2.83. The summed E-state index contributed by atoms with van der Waals surface area (Å²) in [5, 5.41) is 0. The maximum absolute atomic E-state index is 12.4. The Kier molecular flexibility index (Phi) is 4.47. The van der Waals surface area contributed by atoms with Gasteiger partial charge in [-0.25, -0.2) is 13.4 Å². The number of anilines is 1. The van der Waals surface area contributed by atoms with Crippen LogP contribution in [0, 0.1) is 0 Å². The van der Waals surface area contributed by atoms with Crippen LogP contribution >= 0.6 is 0 Å². The molecule has 1 aromatic heterocycles. The number of nitrogens with two attached hydrogens (primary N) is 1. The zero-order valence-electron chi connectivity index (χ0n) is 10.4. The number of hydrogen-bond donors (Lipinski definition) is 1. The van der Waals surface area contributed by atoms with Crippen molar-refractivity contribution in [1.82, 2.24) is 9.29 Å². The summed E-state index contributed by atoms with van der Waals surface area (Å²) in [5.74, 6) is 0.214. The van der Waals surface area contributed by atoms with Gasteiger partial charge in [-0.3, -0.25) is 0 Å². The van der Waals surface area contributed by atoms with Crippen LogP contribution in [-0.2, 0) is 10.0 Å². The fourth-order valence-corrected chi connectivity index (χ4v) is 3.38. The first-order valence-corrected chi connectivity index (χ1v) is 7.10. The van der Waals surface area contributed by atoms with Crippen LogP contribution < -0.4 is 5.73 Å². The van der Waals surface area contributed by atoms with E-state index in [4.69, 9.17) is 5.73 Å². The highest BCUT2D eigenvalue weighted by Crippen LogP contribution is 2.19. The van der Waals surface area contributed by atoms with Crippen molar-refractivity contribution in [3.63, 3.8) is 0 Å². The molecule has 0 aromatic carbocycles. The lowest BCUT2D eigenvalue weighted by molar-refractivity contribution is 0.342. The Balaban J connectivity index is 3.17. The van der Waals surface area contributed by atoms with E-state index >= 15 is 0 Å². The molecule has 1 rings (SSSR count). The van der Waals surface area contributed by atoms with Crippen molar-refractivity contribution < 1.29 is 8.42 Å². The van der Waals surface area contributed by atoms with E-state index in [-0.39, 0.29) is 16.8 Å². The lowest BCUT2D eigenvalue weighted by Crippen LogP contribution is -2.38. The normalized spacial score (nSPS) is 13.9. The number of aromatic nitrogens is 1. The SMILES string of the molecule is CCC(C)N(CC)S(=O)(=O)c1ccnc(N)c1. The van der Waals surface area contributed by atoms with E-state index in [0.29, 0.717) is 6.54 Å². The van der Waals surface area contributed by atoms with Gasteiger partial charge in [-0.15, -0.1) is 0 Å². The second-order valence-electron chi connectivity index (χ2n) is 3.88. The average molecular weight is 257 g/mol. The van der Waals surface area contributed by atoms with Gasteiger partial charge in [-0.1, -0.05) is 13.8 Å². The first-order valence-electron chi connectivity index (χ1n) is 5.66. The van der Waals surface area contributed by atoms with Crippen LogP contribution in [0.1, 0.15) is 27.2 Å². The third-order valence-electron chi connectivity index (χ3n) is 2.75. The molecule has 1 heterocycles. The number of hydrogen-bond acceptors (Lipinski definition) is 4. The molecule has 17 heavy (non-hydrogen) atoms. The fourth-order valence-electron chi connectivity index (χ4n) is 1.65. The minimum absolute atomic E-state index is 0.0283. The third kappa shape index (κ3) is 2.95. The Hall–Kier alpha value is -1.14. The first-order chi connectivity index (χ1) is 7.93. The number of pyridine rings is 1. The standard InChI is InChI=1S/C11H19N3O2S/c1-4-9(3)14(5-2)17(15,16)10-6-7-13-11(12)8-10/h6-9H,4-5H2,1-3H3,(H2,12,13). The zero-order valence-corrected chi connectivity index (χ0v) is 11.2. The lowest BCUT2D eigenvalue weighted by atomic mass is 10.3. The predicted molar refractivity (Wildman–Crippen MR) is 68.0 cm³/mol. The zero-order chi connectivity index (χ0) is 13.1. The van der Waals surface area contributed by atoms with Gasteiger partial charge in [0.1, 0.15) is 5.82 Å². The van der Waals surface area contributed by atoms with Crippen LogP contribution in [0.2, 0.25) is 0 Å². The Bertz CT molecular complexity index is 473. The Labute approximate surface area is 103 Å². The van der Waals surface area contributed by atoms with Crippen molar-refractivity contribution >= 4 is 15.8 Å². The summed E-state index contributed by atoms with van der Waals surface area (Å²) in [7, 11) is -3.47. The topological polar surface area (TPSA) is 76.3 Å². The maximum atomic E-state index is 12.4. The van der Waals surface area contributed by atoms with Gasteiger partial charge in [0, 0.05) is 24.8 Å². The molecule has 0 saturated heterocycles. The molecule has 0 saturated carbocycles. The van der Waals surface area contributed by atoms with Crippen LogP contribution in [-0.4, -0.2) is 30.3 Å². The number of nitrogen functional groups attached to an aromatic ring is 1. The van der Waals surface area contributed by atoms with Gasteiger partial charge >= 0.3 is 0 Å². The molecule has 1 aromatic rings. The van der Waals surface area contributed by atoms with E-state index in [0.717, 1.165) is 6.42 Å². The molecule has 6 heteroatoms. The van der Waals surface area contributed by atoms with E-state index in [1.165, 1.54) is 22.6 Å². The van der Waals surface area contributed by atoms with Crippen molar-refractivity contribution in [2.75, 3.05) is 12.3 Å². The largest absolute Gasteiger partial charge is 0.384 e. The third-order valence-corrected chi connectivity index (χ3v) is 4.84. The smallest absolute Gasteiger partial charge is 0.243 e. The minimum Gasteiger partial charge on any atom is -0.384 e. The van der Waals surface area contributed by atoms with Gasteiger partial charge in [0.25, 0.3) is 0 Å². The molecule has 96 valence electrons. The molecule has 1 atom stereocenters. The maximum Gasteiger partial charge on any atom is 0.243 e. The van der Waals surface area contributed by atoms with Crippen molar-refractivity contribution in [1.29, 1.82) is 0 Å². The quantitative estimate of drug-likeness (QED) is 0.866. The summed E-state index contributed by atoms with van der Waals surface area (Å²) in [5.41, 5.74) is 5.51. The van der Waals surface area contributed by atoms with Gasteiger partial charge in [0.2, 0.25) is 10.0 Å². The number of sulfonamides is 1. The molecule has 5 nitrogen and oxygen atoms in total. The van der Waals surface area contributed by atoms with Crippen molar-refractivity contribution in [2.45, 2.75) is 38.1 Å². The molecule has 0 radical (unpaired) electrons. The summed E-state index contributed by atoms with van der Waals surface area (Å²) in [6.07, 6.45) is 2.18. The highest BCUT2D eigenvalue weighted by Gasteiger charge is 2.26. The summed E-state index contributed by atoms with van der Waals surface area (Å²) in [4.78, 5) is 4.00. The molecule has 0 fully saturated rings. The minimum atomic E-state index is -3.47. The Morgan fingerprint density at radius 3 is 2.59 bits per heavy atom. The summed E-state index contributed by atoms with van der Waals surface area (Å²) >= 11 is 0. The van der Waals surface area contributed by atoms with E-state index in [9.17, 15) is 8.42 Å². The van der Waals surface area contributed by atoms with E-state index in [1.54, 1.807) is 0 Å². The molecule has 2 N–H and O–H groups in total. The van der Waals surface area contributed by atoms with Crippen molar-refractivity contribution in [2.24, 2.45) is 0 Å².